The second-order valence-electron chi connectivity index (χ2n) is 5.77. The van der Waals surface area contributed by atoms with E-state index in [0.29, 0.717) is 28.2 Å². The van der Waals surface area contributed by atoms with Gasteiger partial charge in [-0.05, 0) is 31.5 Å². The van der Waals surface area contributed by atoms with Crippen molar-refractivity contribution >= 4 is 23.3 Å². The standard InChI is InChI=1S/C20H17N5O4/c1-11-16(19(26)28-3)18(17(12(2)23-11)20(27)29-4)13-6-5-7-14(8-13)24-25-15(9-21)10-22/h5-8,24H,1-4H3. The first kappa shape index (κ1) is 21.1. The Hall–Kier alpha value is -4.24. The molecular formula is C20H17N5O4. The molecule has 0 bridgehead atoms. The van der Waals surface area contributed by atoms with Crippen LogP contribution in [0.4, 0.5) is 5.69 Å². The average molecular weight is 391 g/mol. The molecule has 0 spiro atoms. The zero-order valence-corrected chi connectivity index (χ0v) is 16.2. The molecule has 1 N–H and O–H groups in total. The number of benzene rings is 1. The third-order valence-corrected chi connectivity index (χ3v) is 4.00. The van der Waals surface area contributed by atoms with Crippen molar-refractivity contribution in [2.75, 3.05) is 19.6 Å². The molecule has 9 nitrogen and oxygen atoms in total. The van der Waals surface area contributed by atoms with E-state index in [4.69, 9.17) is 20.0 Å². The number of anilines is 1. The van der Waals surface area contributed by atoms with Gasteiger partial charge in [-0.25, -0.2) is 9.59 Å². The summed E-state index contributed by atoms with van der Waals surface area (Å²) in [6, 6.07) is 9.90. The SMILES string of the molecule is COC(=O)c1c(C)nc(C)c(C(=O)OC)c1-c1cccc(NN=C(C#N)C#N)c1. The zero-order chi connectivity index (χ0) is 21.6. The molecule has 9 heteroatoms. The van der Waals surface area contributed by atoms with Crippen LogP contribution in [-0.4, -0.2) is 36.9 Å². The molecule has 0 radical (unpaired) electrons. The van der Waals surface area contributed by atoms with Gasteiger partial charge < -0.3 is 9.47 Å². The monoisotopic (exact) mass is 391 g/mol. The van der Waals surface area contributed by atoms with E-state index >= 15 is 0 Å². The fraction of sp³-hybridized carbons (Fsp3) is 0.200. The van der Waals surface area contributed by atoms with Crippen molar-refractivity contribution in [3.05, 3.63) is 46.8 Å². The van der Waals surface area contributed by atoms with Crippen LogP contribution in [0.15, 0.2) is 29.4 Å². The highest BCUT2D eigenvalue weighted by molar-refractivity contribution is 6.10. The smallest absolute Gasteiger partial charge is 0.340 e. The molecule has 1 aromatic carbocycles. The summed E-state index contributed by atoms with van der Waals surface area (Å²) in [6.07, 6.45) is 0. The lowest BCUT2D eigenvalue weighted by Gasteiger charge is -2.17. The summed E-state index contributed by atoms with van der Waals surface area (Å²) in [7, 11) is 2.47. The number of hydrazone groups is 1. The minimum absolute atomic E-state index is 0.133. The lowest BCUT2D eigenvalue weighted by molar-refractivity contribution is 0.0599. The number of ether oxygens (including phenoxy) is 2. The van der Waals surface area contributed by atoms with Gasteiger partial charge in [-0.2, -0.15) is 15.6 Å². The van der Waals surface area contributed by atoms with Gasteiger partial charge in [0, 0.05) is 5.56 Å². The van der Waals surface area contributed by atoms with E-state index in [-0.39, 0.29) is 16.8 Å². The second-order valence-corrected chi connectivity index (χ2v) is 5.77. The molecule has 0 unspecified atom stereocenters. The summed E-state index contributed by atoms with van der Waals surface area (Å²) in [5, 5.41) is 21.3. The number of nitrogens with one attached hydrogen (secondary N) is 1. The van der Waals surface area contributed by atoms with E-state index in [0.717, 1.165) is 0 Å². The number of nitriles is 2. The lowest BCUT2D eigenvalue weighted by atomic mass is 9.92. The second kappa shape index (κ2) is 9.11. The van der Waals surface area contributed by atoms with Gasteiger partial charge in [0.1, 0.15) is 12.1 Å². The first-order valence-electron chi connectivity index (χ1n) is 8.30. The van der Waals surface area contributed by atoms with Crippen molar-refractivity contribution in [2.24, 2.45) is 5.10 Å². The summed E-state index contributed by atoms with van der Waals surface area (Å²) in [6.45, 7) is 3.28. The van der Waals surface area contributed by atoms with Crippen molar-refractivity contribution < 1.29 is 19.1 Å². The molecule has 0 amide bonds. The van der Waals surface area contributed by atoms with Gasteiger partial charge in [0.25, 0.3) is 0 Å². The largest absolute Gasteiger partial charge is 0.465 e. The van der Waals surface area contributed by atoms with Gasteiger partial charge in [0.15, 0.2) is 0 Å². The number of nitrogens with zero attached hydrogens (tertiary/aromatic N) is 4. The fourth-order valence-corrected chi connectivity index (χ4v) is 2.78. The van der Waals surface area contributed by atoms with Gasteiger partial charge in [0.05, 0.1) is 42.4 Å². The van der Waals surface area contributed by atoms with E-state index in [1.165, 1.54) is 14.2 Å². The fourth-order valence-electron chi connectivity index (χ4n) is 2.78. The summed E-state index contributed by atoms with van der Waals surface area (Å²) < 4.78 is 9.77. The first-order chi connectivity index (χ1) is 13.9. The number of aromatic nitrogens is 1. The molecule has 29 heavy (non-hydrogen) atoms. The number of rotatable bonds is 5. The summed E-state index contributed by atoms with van der Waals surface area (Å²) >= 11 is 0. The number of pyridine rings is 1. The number of hydrogen-bond acceptors (Lipinski definition) is 9. The summed E-state index contributed by atoms with van der Waals surface area (Å²) in [5.41, 5.74) is 4.55. The average Bonchev–Trinajstić information content (AvgIpc) is 2.73. The van der Waals surface area contributed by atoms with Crippen LogP contribution in [0.2, 0.25) is 0 Å². The Kier molecular flexibility index (Phi) is 6.62. The van der Waals surface area contributed by atoms with Crippen LogP contribution < -0.4 is 5.43 Å². The quantitative estimate of drug-likeness (QED) is 0.466. The predicted octanol–water partition coefficient (Wildman–Crippen LogP) is 2.75. The summed E-state index contributed by atoms with van der Waals surface area (Å²) in [4.78, 5) is 29.2. The third kappa shape index (κ3) is 4.37. The number of aryl methyl sites for hydroxylation is 2. The maximum Gasteiger partial charge on any atom is 0.340 e. The number of hydrogen-bond donors (Lipinski definition) is 1. The predicted molar refractivity (Wildman–Crippen MR) is 104 cm³/mol. The van der Waals surface area contributed by atoms with Crippen molar-refractivity contribution in [1.29, 1.82) is 10.5 Å². The molecule has 0 saturated carbocycles. The van der Waals surface area contributed by atoms with Gasteiger partial charge >= 0.3 is 11.9 Å². The van der Waals surface area contributed by atoms with Crippen LogP contribution in [0.5, 0.6) is 0 Å². The van der Waals surface area contributed by atoms with Gasteiger partial charge in [-0.1, -0.05) is 12.1 Å². The number of esters is 2. The van der Waals surface area contributed by atoms with Gasteiger partial charge in [0.2, 0.25) is 5.71 Å². The van der Waals surface area contributed by atoms with Crippen LogP contribution in [0.3, 0.4) is 0 Å². The Morgan fingerprint density at radius 3 is 2.07 bits per heavy atom. The molecule has 1 aromatic heterocycles. The Morgan fingerprint density at radius 1 is 1.03 bits per heavy atom. The maximum atomic E-state index is 12.5. The normalized spacial score (nSPS) is 9.59. The number of methoxy groups -OCH3 is 2. The van der Waals surface area contributed by atoms with Crippen molar-refractivity contribution in [2.45, 2.75) is 13.8 Å². The molecular weight excluding hydrogens is 374 g/mol. The van der Waals surface area contributed by atoms with Crippen LogP contribution in [0, 0.1) is 36.5 Å². The molecule has 0 fully saturated rings. The molecule has 2 rings (SSSR count). The Labute approximate surface area is 167 Å². The van der Waals surface area contributed by atoms with E-state index in [9.17, 15) is 9.59 Å². The Morgan fingerprint density at radius 2 is 1.59 bits per heavy atom. The molecule has 0 atom stereocenters. The molecule has 0 aliphatic heterocycles. The highest BCUT2D eigenvalue weighted by Crippen LogP contribution is 2.33. The van der Waals surface area contributed by atoms with Crippen LogP contribution in [0.25, 0.3) is 11.1 Å². The van der Waals surface area contributed by atoms with Crippen LogP contribution in [0.1, 0.15) is 32.1 Å². The van der Waals surface area contributed by atoms with E-state index in [1.807, 2.05) is 0 Å². The molecule has 1 heterocycles. The maximum absolute atomic E-state index is 12.5. The topological polar surface area (TPSA) is 137 Å². The van der Waals surface area contributed by atoms with Crippen LogP contribution >= 0.6 is 0 Å². The minimum Gasteiger partial charge on any atom is -0.465 e. The molecule has 0 aliphatic rings. The number of carbonyl (C=O) groups is 2. The lowest BCUT2D eigenvalue weighted by Crippen LogP contribution is -2.16. The van der Waals surface area contributed by atoms with E-state index in [2.05, 4.69) is 15.5 Å². The molecule has 2 aromatic rings. The minimum atomic E-state index is -0.650. The van der Waals surface area contributed by atoms with Crippen LogP contribution in [-0.2, 0) is 9.47 Å². The highest BCUT2D eigenvalue weighted by atomic mass is 16.5. The zero-order valence-electron chi connectivity index (χ0n) is 16.2. The van der Waals surface area contributed by atoms with Crippen molar-refractivity contribution in [3.8, 4) is 23.3 Å². The van der Waals surface area contributed by atoms with Crippen molar-refractivity contribution in [3.63, 3.8) is 0 Å². The molecule has 0 saturated heterocycles. The number of carbonyl (C=O) groups excluding carboxylic acids is 2. The molecule has 146 valence electrons. The Bertz CT molecular complexity index is 1040. The van der Waals surface area contributed by atoms with Gasteiger partial charge in [-0.3, -0.25) is 10.4 Å². The van der Waals surface area contributed by atoms with Crippen molar-refractivity contribution in [1.82, 2.24) is 4.98 Å². The Balaban J connectivity index is 2.76. The van der Waals surface area contributed by atoms with Gasteiger partial charge in [-0.15, -0.1) is 0 Å². The third-order valence-electron chi connectivity index (χ3n) is 4.00. The first-order valence-corrected chi connectivity index (χ1v) is 8.30. The highest BCUT2D eigenvalue weighted by Gasteiger charge is 2.27. The summed E-state index contributed by atoms with van der Waals surface area (Å²) in [5.74, 6) is -1.30. The molecule has 0 aliphatic carbocycles. The van der Waals surface area contributed by atoms with E-state index in [1.54, 1.807) is 50.3 Å². The van der Waals surface area contributed by atoms with E-state index < -0.39 is 11.9 Å².